The zero-order chi connectivity index (χ0) is 27.6. The normalized spacial score (nSPS) is 21.2. The fourth-order valence-electron chi connectivity index (χ4n) is 4.62. The fourth-order valence-corrected chi connectivity index (χ4v) is 4.62. The number of nitrogens with zero attached hydrogens (tertiary/aromatic N) is 7. The van der Waals surface area contributed by atoms with E-state index in [4.69, 9.17) is 14.6 Å². The van der Waals surface area contributed by atoms with E-state index in [0.29, 0.717) is 11.1 Å². The molecule has 13 heteroatoms. The van der Waals surface area contributed by atoms with E-state index in [1.54, 1.807) is 18.2 Å². The molecule has 186 valence electrons. The number of ether oxygens (including phenoxy) is 1. The SMILES string of the molecule is [2H]C([2H])([2H])N1CC[C@H](c2cn3nc(N)nc(OC)c3c2-c2ccc3nnn([C@H](C)C(F)F)c3c2)C(F)(F)C1. The highest BCUT2D eigenvalue weighted by atomic mass is 19.3. The summed E-state index contributed by atoms with van der Waals surface area (Å²) in [7, 11) is 1.34. The number of alkyl halides is 4. The Hall–Kier alpha value is -3.48. The molecule has 1 aliphatic heterocycles. The van der Waals surface area contributed by atoms with Gasteiger partial charge in [-0.1, -0.05) is 11.3 Å². The molecule has 4 heterocycles. The topological polar surface area (TPSA) is 99.4 Å². The monoisotopic (exact) mass is 495 g/mol. The predicted molar refractivity (Wildman–Crippen MR) is 121 cm³/mol. The minimum absolute atomic E-state index is 0.0228. The lowest BCUT2D eigenvalue weighted by Crippen LogP contribution is -2.45. The first-order valence-electron chi connectivity index (χ1n) is 12.3. The summed E-state index contributed by atoms with van der Waals surface area (Å²) in [4.78, 5) is 4.87. The Labute approximate surface area is 201 Å². The molecule has 0 radical (unpaired) electrons. The van der Waals surface area contributed by atoms with Gasteiger partial charge >= 0.3 is 0 Å². The molecule has 1 saturated heterocycles. The van der Waals surface area contributed by atoms with Crippen LogP contribution < -0.4 is 10.5 Å². The smallest absolute Gasteiger partial charge is 0.267 e. The molecule has 0 spiro atoms. The average Bonchev–Trinajstić information content (AvgIpc) is 3.42. The number of anilines is 1. The molecule has 0 aliphatic carbocycles. The predicted octanol–water partition coefficient (Wildman–Crippen LogP) is 3.61. The zero-order valence-electron chi connectivity index (χ0n) is 21.8. The second kappa shape index (κ2) is 8.33. The Kier molecular flexibility index (Phi) is 4.71. The summed E-state index contributed by atoms with van der Waals surface area (Å²) < 4.78 is 88.6. The van der Waals surface area contributed by atoms with E-state index in [2.05, 4.69) is 20.4 Å². The van der Waals surface area contributed by atoms with E-state index in [1.807, 2.05) is 0 Å². The van der Waals surface area contributed by atoms with Gasteiger partial charge in [0.15, 0.2) is 0 Å². The van der Waals surface area contributed by atoms with E-state index >= 15 is 8.78 Å². The van der Waals surface area contributed by atoms with Gasteiger partial charge in [-0.15, -0.1) is 10.2 Å². The summed E-state index contributed by atoms with van der Waals surface area (Å²) in [6, 6.07) is 3.42. The molecule has 4 aromatic rings. The van der Waals surface area contributed by atoms with Gasteiger partial charge < -0.3 is 15.4 Å². The molecule has 35 heavy (non-hydrogen) atoms. The molecule has 3 aromatic heterocycles. The maximum absolute atomic E-state index is 15.6. The number of likely N-dealkylation sites (tertiary alicyclic amines) is 1. The van der Waals surface area contributed by atoms with Gasteiger partial charge in [-0.2, -0.15) is 4.98 Å². The number of nitrogen functional groups attached to an aromatic ring is 1. The number of halogens is 4. The maximum Gasteiger partial charge on any atom is 0.267 e. The lowest BCUT2D eigenvalue weighted by atomic mass is 9.84. The van der Waals surface area contributed by atoms with Crippen molar-refractivity contribution in [2.45, 2.75) is 37.7 Å². The van der Waals surface area contributed by atoms with Crippen molar-refractivity contribution in [2.75, 3.05) is 32.9 Å². The average molecular weight is 495 g/mol. The number of rotatable bonds is 5. The van der Waals surface area contributed by atoms with Gasteiger partial charge in [0.2, 0.25) is 11.8 Å². The summed E-state index contributed by atoms with van der Waals surface area (Å²) in [6.07, 6.45) is -1.48. The van der Waals surface area contributed by atoms with Gasteiger partial charge in [0, 0.05) is 15.9 Å². The summed E-state index contributed by atoms with van der Waals surface area (Å²) in [5.74, 6) is -4.94. The molecule has 2 atom stereocenters. The summed E-state index contributed by atoms with van der Waals surface area (Å²) in [5, 5.41) is 11.9. The van der Waals surface area contributed by atoms with Gasteiger partial charge in [-0.3, -0.25) is 0 Å². The molecule has 1 aliphatic rings. The van der Waals surface area contributed by atoms with Crippen molar-refractivity contribution in [1.29, 1.82) is 0 Å². The van der Waals surface area contributed by atoms with Crippen LogP contribution in [0.4, 0.5) is 23.5 Å². The van der Waals surface area contributed by atoms with Gasteiger partial charge in [0.1, 0.15) is 17.1 Å². The highest BCUT2D eigenvalue weighted by Gasteiger charge is 2.46. The summed E-state index contributed by atoms with van der Waals surface area (Å²) in [6.45, 7) is -2.42. The Bertz CT molecular complexity index is 1510. The molecule has 9 nitrogen and oxygen atoms in total. The third-order valence-corrected chi connectivity index (χ3v) is 6.32. The van der Waals surface area contributed by atoms with E-state index in [0.717, 1.165) is 9.58 Å². The molecular weight excluding hydrogens is 468 g/mol. The first-order valence-corrected chi connectivity index (χ1v) is 10.8. The van der Waals surface area contributed by atoms with Crippen LogP contribution in [0.1, 0.15) is 35.0 Å². The number of benzene rings is 1. The van der Waals surface area contributed by atoms with Crippen molar-refractivity contribution in [3.63, 3.8) is 0 Å². The van der Waals surface area contributed by atoms with Gasteiger partial charge in [-0.05, 0) is 50.1 Å². The summed E-state index contributed by atoms with van der Waals surface area (Å²) in [5.41, 5.74) is 7.51. The van der Waals surface area contributed by atoms with E-state index in [-0.39, 0.29) is 47.0 Å². The Balaban J connectivity index is 1.74. The van der Waals surface area contributed by atoms with Crippen LogP contribution in [0.3, 0.4) is 0 Å². The number of fused-ring (bicyclic) bond motifs is 2. The number of hydrogen-bond acceptors (Lipinski definition) is 7. The minimum atomic E-state index is -3.42. The number of hydrogen-bond donors (Lipinski definition) is 1. The molecule has 2 N–H and O–H groups in total. The lowest BCUT2D eigenvalue weighted by Gasteiger charge is -2.36. The van der Waals surface area contributed by atoms with Crippen LogP contribution >= 0.6 is 0 Å². The molecule has 0 amide bonds. The van der Waals surface area contributed by atoms with Crippen LogP contribution in [-0.4, -0.2) is 74.0 Å². The van der Waals surface area contributed by atoms with Crippen LogP contribution in [0, 0.1) is 0 Å². The maximum atomic E-state index is 15.6. The highest BCUT2D eigenvalue weighted by Crippen LogP contribution is 2.47. The third-order valence-electron chi connectivity index (χ3n) is 6.32. The van der Waals surface area contributed by atoms with Crippen LogP contribution in [0.5, 0.6) is 5.88 Å². The third kappa shape index (κ3) is 3.83. The van der Waals surface area contributed by atoms with Crippen molar-refractivity contribution in [1.82, 2.24) is 34.5 Å². The van der Waals surface area contributed by atoms with Crippen LogP contribution in [0.2, 0.25) is 0 Å². The molecular formula is C22H24F4N8O. The van der Waals surface area contributed by atoms with Crippen LogP contribution in [-0.2, 0) is 0 Å². The van der Waals surface area contributed by atoms with Crippen molar-refractivity contribution in [2.24, 2.45) is 0 Å². The molecule has 1 fully saturated rings. The first-order chi connectivity index (χ1) is 17.8. The largest absolute Gasteiger partial charge is 0.479 e. The van der Waals surface area contributed by atoms with E-state index < -0.39 is 37.8 Å². The number of nitrogens with two attached hydrogens (primary N) is 1. The van der Waals surface area contributed by atoms with Crippen molar-refractivity contribution in [3.05, 3.63) is 30.0 Å². The molecule has 1 aromatic carbocycles. The minimum Gasteiger partial charge on any atom is -0.479 e. The summed E-state index contributed by atoms with van der Waals surface area (Å²) >= 11 is 0. The van der Waals surface area contributed by atoms with Crippen molar-refractivity contribution >= 4 is 22.5 Å². The second-order valence-corrected chi connectivity index (χ2v) is 8.57. The molecule has 5 rings (SSSR count). The van der Waals surface area contributed by atoms with Crippen molar-refractivity contribution in [3.8, 4) is 17.0 Å². The van der Waals surface area contributed by atoms with Crippen LogP contribution in [0.15, 0.2) is 24.4 Å². The highest BCUT2D eigenvalue weighted by molar-refractivity contribution is 5.91. The number of piperidine rings is 1. The molecule has 0 bridgehead atoms. The van der Waals surface area contributed by atoms with Gasteiger partial charge in [0.25, 0.3) is 12.3 Å². The van der Waals surface area contributed by atoms with Gasteiger partial charge in [0.05, 0.1) is 25.1 Å². The van der Waals surface area contributed by atoms with Gasteiger partial charge in [-0.25, -0.2) is 26.8 Å². The number of aromatic nitrogens is 6. The lowest BCUT2D eigenvalue weighted by molar-refractivity contribution is -0.0764. The molecule has 0 saturated carbocycles. The number of methoxy groups -OCH3 is 1. The zero-order valence-corrected chi connectivity index (χ0v) is 18.8. The molecule has 0 unspecified atom stereocenters. The Morgan fingerprint density at radius 2 is 2.11 bits per heavy atom. The Morgan fingerprint density at radius 3 is 2.80 bits per heavy atom. The van der Waals surface area contributed by atoms with Crippen LogP contribution in [0.25, 0.3) is 27.7 Å². The quantitative estimate of drug-likeness (QED) is 0.422. The Morgan fingerprint density at radius 1 is 1.31 bits per heavy atom. The van der Waals surface area contributed by atoms with E-state index in [1.165, 1.54) is 24.7 Å². The first kappa shape index (κ1) is 19.8. The fraction of sp³-hybridized carbons (Fsp3) is 0.455. The van der Waals surface area contributed by atoms with E-state index in [9.17, 15) is 8.78 Å². The standard InChI is InChI=1S/C22H24F4N8O/c1-11(19(23)24)34-16-8-12(4-5-15(16)29-31-34)17-13(14-6-7-32(2)10-22(14,25)26)9-33-18(17)20(35-3)28-21(27)30-33/h4-5,8-9,11,14,19H,6-7,10H2,1-3H3,(H2,27,30)/t11-,14-/m1/s1/i2D3. The van der Waals surface area contributed by atoms with Crippen molar-refractivity contribution < 1.29 is 26.4 Å². The second-order valence-electron chi connectivity index (χ2n) is 8.57.